The van der Waals surface area contributed by atoms with E-state index in [1.807, 2.05) is 13.8 Å². The number of benzene rings is 1. The average molecular weight is 352 g/mol. The Balaban J connectivity index is 0.00000180. The zero-order valence-electron chi connectivity index (χ0n) is 10.8. The maximum Gasteiger partial charge on any atom is 0.254 e. The fraction of sp³-hybridized carbons (Fsp3) is 0.462. The number of amides is 1. The molecule has 3 nitrogen and oxygen atoms in total. The Kier molecular flexibility index (Phi) is 5.77. The lowest BCUT2D eigenvalue weighted by Crippen LogP contribution is -2.57. The summed E-state index contributed by atoms with van der Waals surface area (Å²) in [5.74, 6) is -0.515. The van der Waals surface area contributed by atoms with Gasteiger partial charge in [0.25, 0.3) is 5.91 Å². The minimum atomic E-state index is -0.406. The van der Waals surface area contributed by atoms with Crippen LogP contribution in [0.4, 0.5) is 4.39 Å². The molecule has 0 aromatic heterocycles. The quantitative estimate of drug-likeness (QED) is 0.844. The Hall–Kier alpha value is -0.650. The van der Waals surface area contributed by atoms with Gasteiger partial charge in [-0.1, -0.05) is 0 Å². The van der Waals surface area contributed by atoms with Gasteiger partial charge in [0.1, 0.15) is 5.82 Å². The normalized spacial score (nSPS) is 22.8. The Bertz CT molecular complexity index is 472. The Labute approximate surface area is 127 Å². The predicted molar refractivity (Wildman–Crippen MR) is 79.3 cm³/mol. The maximum atomic E-state index is 13.5. The number of piperazine rings is 1. The number of rotatable bonds is 1. The fourth-order valence-corrected chi connectivity index (χ4v) is 2.38. The highest BCUT2D eigenvalue weighted by Gasteiger charge is 2.28. The van der Waals surface area contributed by atoms with E-state index in [4.69, 9.17) is 0 Å². The lowest BCUT2D eigenvalue weighted by atomic mass is 10.1. The molecule has 0 spiro atoms. The van der Waals surface area contributed by atoms with E-state index in [0.29, 0.717) is 16.6 Å². The number of halogens is 3. The zero-order valence-corrected chi connectivity index (χ0v) is 13.2. The van der Waals surface area contributed by atoms with Gasteiger partial charge in [-0.2, -0.15) is 0 Å². The molecule has 106 valence electrons. The molecule has 1 aliphatic rings. The van der Waals surface area contributed by atoms with Gasteiger partial charge >= 0.3 is 0 Å². The zero-order chi connectivity index (χ0) is 13.3. The van der Waals surface area contributed by atoms with Gasteiger partial charge < -0.3 is 10.2 Å². The van der Waals surface area contributed by atoms with Crippen molar-refractivity contribution in [2.24, 2.45) is 0 Å². The Morgan fingerprint density at radius 2 is 2.16 bits per heavy atom. The monoisotopic (exact) mass is 350 g/mol. The summed E-state index contributed by atoms with van der Waals surface area (Å²) in [6, 6.07) is 4.86. The topological polar surface area (TPSA) is 32.3 Å². The van der Waals surface area contributed by atoms with Crippen LogP contribution in [0.1, 0.15) is 24.2 Å². The van der Waals surface area contributed by atoms with Gasteiger partial charge in [0.15, 0.2) is 0 Å². The molecule has 1 fully saturated rings. The van der Waals surface area contributed by atoms with Gasteiger partial charge in [0, 0.05) is 30.7 Å². The van der Waals surface area contributed by atoms with Crippen molar-refractivity contribution < 1.29 is 9.18 Å². The minimum Gasteiger partial charge on any atom is -0.333 e. The summed E-state index contributed by atoms with van der Waals surface area (Å²) >= 11 is 3.09. The number of carbonyl (C=O) groups is 1. The van der Waals surface area contributed by atoms with Gasteiger partial charge in [-0.25, -0.2) is 4.39 Å². The van der Waals surface area contributed by atoms with Crippen LogP contribution < -0.4 is 5.32 Å². The number of nitrogens with one attached hydrogen (secondary N) is 1. The second kappa shape index (κ2) is 6.68. The molecule has 0 radical (unpaired) electrons. The first kappa shape index (κ1) is 16.4. The van der Waals surface area contributed by atoms with Crippen LogP contribution in [0.25, 0.3) is 0 Å². The van der Waals surface area contributed by atoms with Gasteiger partial charge in [-0.05, 0) is 48.0 Å². The molecule has 0 saturated carbocycles. The lowest BCUT2D eigenvalue weighted by Gasteiger charge is -2.38. The van der Waals surface area contributed by atoms with E-state index in [0.717, 1.165) is 6.54 Å². The van der Waals surface area contributed by atoms with Crippen LogP contribution in [-0.4, -0.2) is 36.0 Å². The summed E-state index contributed by atoms with van der Waals surface area (Å²) in [5, 5.41) is 3.31. The molecule has 1 N–H and O–H groups in total. The summed E-state index contributed by atoms with van der Waals surface area (Å²) in [6.45, 7) is 5.48. The van der Waals surface area contributed by atoms with Crippen molar-refractivity contribution in [3.8, 4) is 0 Å². The molecule has 0 bridgehead atoms. The second-order valence-electron chi connectivity index (χ2n) is 4.61. The minimum absolute atomic E-state index is 0. The highest BCUT2D eigenvalue weighted by molar-refractivity contribution is 9.10. The van der Waals surface area contributed by atoms with Crippen molar-refractivity contribution >= 4 is 34.2 Å². The van der Waals surface area contributed by atoms with Crippen molar-refractivity contribution in [2.75, 3.05) is 13.1 Å². The van der Waals surface area contributed by atoms with E-state index < -0.39 is 5.82 Å². The largest absolute Gasteiger partial charge is 0.333 e. The van der Waals surface area contributed by atoms with E-state index in [1.54, 1.807) is 17.0 Å². The van der Waals surface area contributed by atoms with Crippen LogP contribution in [0, 0.1) is 5.82 Å². The predicted octanol–water partition coefficient (Wildman–Crippen LogP) is 2.83. The first-order chi connectivity index (χ1) is 8.50. The van der Waals surface area contributed by atoms with Crippen molar-refractivity contribution in [2.45, 2.75) is 25.9 Å². The highest BCUT2D eigenvalue weighted by Crippen LogP contribution is 2.19. The molecule has 2 rings (SSSR count). The summed E-state index contributed by atoms with van der Waals surface area (Å²) in [7, 11) is 0. The summed E-state index contributed by atoms with van der Waals surface area (Å²) < 4.78 is 13.8. The van der Waals surface area contributed by atoms with Crippen LogP contribution in [0.3, 0.4) is 0 Å². The maximum absolute atomic E-state index is 13.5. The number of hydrogen-bond acceptors (Lipinski definition) is 2. The first-order valence-electron chi connectivity index (χ1n) is 6.00. The lowest BCUT2D eigenvalue weighted by molar-refractivity contribution is 0.0602. The van der Waals surface area contributed by atoms with Crippen molar-refractivity contribution in [3.05, 3.63) is 34.1 Å². The molecule has 1 aromatic carbocycles. The molecule has 1 amide bonds. The Morgan fingerprint density at radius 3 is 2.79 bits per heavy atom. The van der Waals surface area contributed by atoms with Crippen molar-refractivity contribution in [1.82, 2.24) is 10.2 Å². The summed E-state index contributed by atoms with van der Waals surface area (Å²) in [5.41, 5.74) is 0.400. The van der Waals surface area contributed by atoms with Crippen LogP contribution in [0.15, 0.2) is 22.7 Å². The van der Waals surface area contributed by atoms with Crippen LogP contribution in [-0.2, 0) is 0 Å². The third-order valence-electron chi connectivity index (χ3n) is 3.46. The first-order valence-corrected chi connectivity index (χ1v) is 6.79. The number of carbonyl (C=O) groups excluding carboxylic acids is 1. The average Bonchev–Trinajstić information content (AvgIpc) is 2.35. The number of hydrogen-bond donors (Lipinski definition) is 1. The van der Waals surface area contributed by atoms with Gasteiger partial charge in [-0.3, -0.25) is 4.79 Å². The molecule has 1 saturated heterocycles. The van der Waals surface area contributed by atoms with Gasteiger partial charge in [0.05, 0.1) is 4.47 Å². The molecule has 2 atom stereocenters. The summed E-state index contributed by atoms with van der Waals surface area (Å²) in [6.07, 6.45) is 0. The molecule has 1 heterocycles. The van der Waals surface area contributed by atoms with E-state index >= 15 is 0 Å². The van der Waals surface area contributed by atoms with E-state index in [9.17, 15) is 9.18 Å². The molecule has 0 aliphatic carbocycles. The molecular formula is C13H17BrClFN2O. The molecule has 1 aliphatic heterocycles. The molecule has 19 heavy (non-hydrogen) atoms. The van der Waals surface area contributed by atoms with Gasteiger partial charge in [0.2, 0.25) is 0 Å². The number of nitrogens with zero attached hydrogens (tertiary/aromatic N) is 1. The highest BCUT2D eigenvalue weighted by atomic mass is 79.9. The fourth-order valence-electron chi connectivity index (χ4n) is 2.14. The molecule has 1 aromatic rings. The molecule has 2 unspecified atom stereocenters. The third-order valence-corrected chi connectivity index (χ3v) is 4.10. The SMILES string of the molecule is CC1NCCN(C(=O)c2ccc(Br)c(F)c2)C1C.Cl. The Morgan fingerprint density at radius 1 is 1.47 bits per heavy atom. The second-order valence-corrected chi connectivity index (χ2v) is 5.47. The van der Waals surface area contributed by atoms with Crippen LogP contribution in [0.5, 0.6) is 0 Å². The third kappa shape index (κ3) is 3.46. The van der Waals surface area contributed by atoms with Crippen LogP contribution in [0.2, 0.25) is 0 Å². The van der Waals surface area contributed by atoms with E-state index in [2.05, 4.69) is 21.2 Å². The molecule has 6 heteroatoms. The summed E-state index contributed by atoms with van der Waals surface area (Å²) in [4.78, 5) is 14.1. The van der Waals surface area contributed by atoms with Crippen molar-refractivity contribution in [1.29, 1.82) is 0 Å². The van der Waals surface area contributed by atoms with E-state index in [1.165, 1.54) is 6.07 Å². The van der Waals surface area contributed by atoms with Gasteiger partial charge in [-0.15, -0.1) is 12.4 Å². The standard InChI is InChI=1S/C13H16BrFN2O.ClH/c1-8-9(2)17(6-5-16-8)13(18)10-3-4-11(14)12(15)7-10;/h3-4,7-9,16H,5-6H2,1-2H3;1H. The van der Waals surface area contributed by atoms with E-state index in [-0.39, 0.29) is 30.4 Å². The van der Waals surface area contributed by atoms with Crippen LogP contribution >= 0.6 is 28.3 Å². The molecular weight excluding hydrogens is 335 g/mol. The smallest absolute Gasteiger partial charge is 0.254 e. The van der Waals surface area contributed by atoms with Crippen molar-refractivity contribution in [3.63, 3.8) is 0 Å².